The first-order valence-corrected chi connectivity index (χ1v) is 8.02. The third-order valence-electron chi connectivity index (χ3n) is 4.35. The Labute approximate surface area is 136 Å². The Hall–Kier alpha value is -2.05. The van der Waals surface area contributed by atoms with Crippen molar-refractivity contribution in [3.63, 3.8) is 0 Å². The van der Waals surface area contributed by atoms with Gasteiger partial charge in [0, 0.05) is 38.5 Å². The summed E-state index contributed by atoms with van der Waals surface area (Å²) in [5, 5.41) is 0. The van der Waals surface area contributed by atoms with E-state index in [2.05, 4.69) is 25.8 Å². The molecule has 1 saturated heterocycles. The summed E-state index contributed by atoms with van der Waals surface area (Å²) in [5.74, 6) is 1.57. The van der Waals surface area contributed by atoms with Gasteiger partial charge >= 0.3 is 6.03 Å². The van der Waals surface area contributed by atoms with Gasteiger partial charge in [0.05, 0.1) is 6.54 Å². The highest BCUT2D eigenvalue weighted by Gasteiger charge is 2.32. The van der Waals surface area contributed by atoms with Crippen LogP contribution in [0.25, 0.3) is 0 Å². The lowest BCUT2D eigenvalue weighted by molar-refractivity contribution is -0.132. The van der Waals surface area contributed by atoms with Crippen molar-refractivity contribution in [2.24, 2.45) is 0 Å². The van der Waals surface area contributed by atoms with E-state index in [1.807, 2.05) is 0 Å². The summed E-state index contributed by atoms with van der Waals surface area (Å²) in [7, 11) is 1.75. The summed E-state index contributed by atoms with van der Waals surface area (Å²) < 4.78 is 5.84. The molecule has 0 unspecified atom stereocenters. The zero-order valence-corrected chi connectivity index (χ0v) is 14.3. The van der Waals surface area contributed by atoms with Gasteiger partial charge in [0.25, 0.3) is 0 Å². The molecule has 0 spiro atoms. The van der Waals surface area contributed by atoms with Crippen LogP contribution in [0.3, 0.4) is 0 Å². The first-order valence-electron chi connectivity index (χ1n) is 8.02. The summed E-state index contributed by atoms with van der Waals surface area (Å²) in [6.07, 6.45) is 0.679. The van der Waals surface area contributed by atoms with Crippen molar-refractivity contribution in [3.8, 4) is 0 Å². The minimum atomic E-state index is -0.140. The number of hydrogen-bond donors (Lipinski definition) is 0. The van der Waals surface area contributed by atoms with Crippen LogP contribution in [-0.2, 0) is 23.2 Å². The molecule has 0 aromatic carbocycles. The molecule has 2 aliphatic rings. The van der Waals surface area contributed by atoms with E-state index in [1.54, 1.807) is 21.7 Å². The van der Waals surface area contributed by atoms with Crippen molar-refractivity contribution in [2.45, 2.75) is 39.2 Å². The van der Waals surface area contributed by atoms with Crippen LogP contribution >= 0.6 is 0 Å². The highest BCUT2D eigenvalue weighted by atomic mass is 16.4. The van der Waals surface area contributed by atoms with Crippen LogP contribution in [0.2, 0.25) is 0 Å². The van der Waals surface area contributed by atoms with E-state index in [0.717, 1.165) is 11.5 Å². The molecule has 0 radical (unpaired) electrons. The Balaban J connectivity index is 1.66. The number of urea groups is 1. The van der Waals surface area contributed by atoms with Gasteiger partial charge in [-0.15, -0.1) is 0 Å². The molecule has 0 bridgehead atoms. The van der Waals surface area contributed by atoms with Crippen LogP contribution in [0, 0.1) is 0 Å². The lowest BCUT2D eigenvalue weighted by Gasteiger charge is -2.27. The largest absolute Gasteiger partial charge is 0.445 e. The van der Waals surface area contributed by atoms with Gasteiger partial charge < -0.3 is 19.1 Å². The van der Waals surface area contributed by atoms with Crippen LogP contribution in [0.15, 0.2) is 4.42 Å². The number of aromatic nitrogens is 1. The van der Waals surface area contributed by atoms with Gasteiger partial charge in [-0.2, -0.15) is 0 Å². The molecule has 23 heavy (non-hydrogen) atoms. The SMILES string of the molecule is CN1CCN(CC(=O)N2CCc3oc(C(C)(C)C)nc3C2)C1=O. The van der Waals surface area contributed by atoms with Crippen LogP contribution < -0.4 is 0 Å². The molecule has 0 aliphatic carbocycles. The molecule has 7 nitrogen and oxygen atoms in total. The second kappa shape index (κ2) is 5.54. The monoisotopic (exact) mass is 320 g/mol. The third kappa shape index (κ3) is 3.04. The number of likely N-dealkylation sites (N-methyl/N-ethyl adjacent to an activating group) is 1. The predicted molar refractivity (Wildman–Crippen MR) is 83.9 cm³/mol. The molecule has 1 fully saturated rings. The maximum absolute atomic E-state index is 12.5. The summed E-state index contributed by atoms with van der Waals surface area (Å²) in [6, 6.07) is -0.0764. The van der Waals surface area contributed by atoms with E-state index < -0.39 is 0 Å². The highest BCUT2D eigenvalue weighted by molar-refractivity contribution is 5.85. The maximum Gasteiger partial charge on any atom is 0.320 e. The van der Waals surface area contributed by atoms with E-state index in [0.29, 0.717) is 38.5 Å². The minimum absolute atomic E-state index is 0.0281. The van der Waals surface area contributed by atoms with Crippen LogP contribution in [0.1, 0.15) is 38.1 Å². The van der Waals surface area contributed by atoms with Gasteiger partial charge in [0.2, 0.25) is 5.91 Å². The molecule has 7 heteroatoms. The second-order valence-corrected chi connectivity index (χ2v) is 7.33. The smallest absolute Gasteiger partial charge is 0.320 e. The minimum Gasteiger partial charge on any atom is -0.445 e. The number of hydrogen-bond acceptors (Lipinski definition) is 4. The van der Waals surface area contributed by atoms with Gasteiger partial charge in [0.15, 0.2) is 5.89 Å². The third-order valence-corrected chi connectivity index (χ3v) is 4.35. The summed E-state index contributed by atoms with van der Waals surface area (Å²) in [6.45, 7) is 8.68. The highest BCUT2D eigenvalue weighted by Crippen LogP contribution is 2.27. The van der Waals surface area contributed by atoms with Crippen molar-refractivity contribution < 1.29 is 14.0 Å². The van der Waals surface area contributed by atoms with Crippen molar-refractivity contribution in [3.05, 3.63) is 17.3 Å². The van der Waals surface area contributed by atoms with E-state index in [4.69, 9.17) is 4.42 Å². The fourth-order valence-corrected chi connectivity index (χ4v) is 2.85. The topological polar surface area (TPSA) is 69.9 Å². The Morgan fingerprint density at radius 3 is 2.61 bits per heavy atom. The van der Waals surface area contributed by atoms with Crippen LogP contribution in [-0.4, -0.2) is 64.8 Å². The van der Waals surface area contributed by atoms with Crippen molar-refractivity contribution in [1.29, 1.82) is 0 Å². The van der Waals surface area contributed by atoms with Crippen LogP contribution in [0.5, 0.6) is 0 Å². The number of carbonyl (C=O) groups excluding carboxylic acids is 2. The normalized spacial score (nSPS) is 18.6. The molecule has 0 saturated carbocycles. The summed E-state index contributed by atoms with van der Waals surface area (Å²) in [5.41, 5.74) is 0.707. The zero-order chi connectivity index (χ0) is 16.8. The Morgan fingerprint density at radius 2 is 2.00 bits per heavy atom. The molecule has 3 amide bonds. The van der Waals surface area contributed by atoms with Crippen molar-refractivity contribution in [1.82, 2.24) is 19.7 Å². The fourth-order valence-electron chi connectivity index (χ4n) is 2.85. The van der Waals surface area contributed by atoms with E-state index in [-0.39, 0.29) is 23.9 Å². The van der Waals surface area contributed by atoms with Gasteiger partial charge in [-0.3, -0.25) is 4.79 Å². The van der Waals surface area contributed by atoms with Gasteiger partial charge in [-0.05, 0) is 0 Å². The average Bonchev–Trinajstić information content (AvgIpc) is 3.04. The first-order chi connectivity index (χ1) is 10.8. The number of oxazole rings is 1. The fraction of sp³-hybridized carbons (Fsp3) is 0.688. The van der Waals surface area contributed by atoms with E-state index >= 15 is 0 Å². The van der Waals surface area contributed by atoms with E-state index in [9.17, 15) is 9.59 Å². The Morgan fingerprint density at radius 1 is 1.26 bits per heavy atom. The lowest BCUT2D eigenvalue weighted by atomic mass is 9.97. The standard InChI is InChI=1S/C16H24N4O3/c1-16(2,3)14-17-11-9-19(6-5-12(11)23-14)13(21)10-20-8-7-18(4)15(20)22/h5-10H2,1-4H3. The molecule has 3 heterocycles. The average molecular weight is 320 g/mol. The molecule has 3 rings (SSSR count). The van der Waals surface area contributed by atoms with Crippen molar-refractivity contribution >= 4 is 11.9 Å². The number of carbonyl (C=O) groups is 2. The Bertz CT molecular complexity index is 632. The molecule has 1 aromatic heterocycles. The van der Waals surface area contributed by atoms with Gasteiger partial charge in [0.1, 0.15) is 18.0 Å². The van der Waals surface area contributed by atoms with Gasteiger partial charge in [-0.1, -0.05) is 20.8 Å². The summed E-state index contributed by atoms with van der Waals surface area (Å²) >= 11 is 0. The molecular weight excluding hydrogens is 296 g/mol. The number of fused-ring (bicyclic) bond motifs is 1. The first kappa shape index (κ1) is 15.8. The van der Waals surface area contributed by atoms with Gasteiger partial charge in [-0.25, -0.2) is 9.78 Å². The molecule has 1 aromatic rings. The van der Waals surface area contributed by atoms with Crippen molar-refractivity contribution in [2.75, 3.05) is 33.2 Å². The lowest BCUT2D eigenvalue weighted by Crippen LogP contribution is -2.43. The molecular formula is C16H24N4O3. The quantitative estimate of drug-likeness (QED) is 0.822. The number of rotatable bonds is 2. The van der Waals surface area contributed by atoms with E-state index in [1.165, 1.54) is 0 Å². The maximum atomic E-state index is 12.5. The second-order valence-electron chi connectivity index (χ2n) is 7.33. The summed E-state index contributed by atoms with van der Waals surface area (Å²) in [4.78, 5) is 33.9. The number of amides is 3. The molecule has 2 aliphatic heterocycles. The Kier molecular flexibility index (Phi) is 3.82. The number of nitrogens with zero attached hydrogens (tertiary/aromatic N) is 4. The van der Waals surface area contributed by atoms with Crippen LogP contribution in [0.4, 0.5) is 4.79 Å². The zero-order valence-electron chi connectivity index (χ0n) is 14.3. The predicted octanol–water partition coefficient (Wildman–Crippen LogP) is 1.22. The molecule has 126 valence electrons. The molecule has 0 atom stereocenters. The molecule has 0 N–H and O–H groups in total.